The molecule has 1 amide bonds. The third kappa shape index (κ3) is 6.62. The fraction of sp³-hybridized carbons (Fsp3) is 0.933. The first-order valence-corrected chi connectivity index (χ1v) is 7.68. The summed E-state index contributed by atoms with van der Waals surface area (Å²) in [5.41, 5.74) is 5.47. The molecule has 0 aromatic heterocycles. The highest BCUT2D eigenvalue weighted by Gasteiger charge is 2.27. The zero-order valence-corrected chi connectivity index (χ0v) is 13.4. The van der Waals surface area contributed by atoms with Crippen LogP contribution in [0.4, 0.5) is 0 Å². The second-order valence-electron chi connectivity index (χ2n) is 5.79. The van der Waals surface area contributed by atoms with Crippen LogP contribution in [0.5, 0.6) is 0 Å². The van der Waals surface area contributed by atoms with Crippen molar-refractivity contribution in [3.63, 3.8) is 0 Å². The molecular formula is C15H31ClN2O. The average molecular weight is 291 g/mol. The predicted octanol–water partition coefficient (Wildman–Crippen LogP) is 3.50. The molecule has 1 fully saturated rings. The Bertz CT molecular complexity index is 240. The Morgan fingerprint density at radius 1 is 1.16 bits per heavy atom. The number of nitrogens with two attached hydrogens (primary N) is 1. The molecule has 0 aromatic rings. The maximum absolute atomic E-state index is 12.3. The van der Waals surface area contributed by atoms with Crippen LogP contribution in [0.3, 0.4) is 0 Å². The van der Waals surface area contributed by atoms with Crippen molar-refractivity contribution in [3.8, 4) is 0 Å². The summed E-state index contributed by atoms with van der Waals surface area (Å²) < 4.78 is 0. The molecule has 0 aromatic carbocycles. The van der Waals surface area contributed by atoms with Gasteiger partial charge in [0, 0.05) is 18.5 Å². The first kappa shape index (κ1) is 18.7. The molecule has 1 rings (SSSR count). The zero-order chi connectivity index (χ0) is 13.4. The molecule has 1 aliphatic carbocycles. The van der Waals surface area contributed by atoms with Crippen LogP contribution in [0.2, 0.25) is 0 Å². The van der Waals surface area contributed by atoms with Crippen LogP contribution in [-0.2, 0) is 4.79 Å². The maximum atomic E-state index is 12.3. The number of unbranched alkanes of at least 4 members (excludes halogenated alkanes) is 3. The van der Waals surface area contributed by atoms with Crippen molar-refractivity contribution in [3.05, 3.63) is 0 Å². The van der Waals surface area contributed by atoms with Gasteiger partial charge in [0.25, 0.3) is 0 Å². The summed E-state index contributed by atoms with van der Waals surface area (Å²) in [4.78, 5) is 14.5. The maximum Gasteiger partial charge on any atom is 0.223 e. The lowest BCUT2D eigenvalue weighted by molar-refractivity contribution is -0.135. The molecule has 0 atom stereocenters. The van der Waals surface area contributed by atoms with Gasteiger partial charge in [0.05, 0.1) is 0 Å². The third-order valence-electron chi connectivity index (χ3n) is 3.91. The van der Waals surface area contributed by atoms with Crippen molar-refractivity contribution in [1.29, 1.82) is 0 Å². The third-order valence-corrected chi connectivity index (χ3v) is 3.91. The van der Waals surface area contributed by atoms with E-state index in [-0.39, 0.29) is 12.4 Å². The lowest BCUT2D eigenvalue weighted by atomic mass is 10.1. The first-order valence-electron chi connectivity index (χ1n) is 7.68. The van der Waals surface area contributed by atoms with E-state index in [0.29, 0.717) is 18.0 Å². The highest BCUT2D eigenvalue weighted by Crippen LogP contribution is 2.26. The molecule has 0 saturated heterocycles. The highest BCUT2D eigenvalue weighted by molar-refractivity contribution is 5.85. The van der Waals surface area contributed by atoms with Crippen LogP contribution in [0, 0.1) is 0 Å². The molecule has 19 heavy (non-hydrogen) atoms. The van der Waals surface area contributed by atoms with E-state index < -0.39 is 0 Å². The molecule has 0 heterocycles. The van der Waals surface area contributed by atoms with Gasteiger partial charge in [0.2, 0.25) is 5.91 Å². The van der Waals surface area contributed by atoms with E-state index in [0.717, 1.165) is 38.6 Å². The summed E-state index contributed by atoms with van der Waals surface area (Å²) in [5.74, 6) is 0.365. The molecule has 4 heteroatoms. The number of carbonyl (C=O) groups excluding carboxylic acids is 1. The Kier molecular flexibility index (Phi) is 10.3. The molecule has 0 bridgehead atoms. The van der Waals surface area contributed by atoms with Crippen molar-refractivity contribution in [1.82, 2.24) is 4.90 Å². The fourth-order valence-electron chi connectivity index (χ4n) is 3.00. The lowest BCUT2D eigenvalue weighted by Gasteiger charge is -2.33. The Hall–Kier alpha value is -0.280. The zero-order valence-electron chi connectivity index (χ0n) is 12.6. The Balaban J connectivity index is 0.00000324. The number of rotatable bonds is 8. The van der Waals surface area contributed by atoms with Gasteiger partial charge in [-0.05, 0) is 46.1 Å². The summed E-state index contributed by atoms with van der Waals surface area (Å²) in [6.45, 7) is 5.06. The van der Waals surface area contributed by atoms with Crippen molar-refractivity contribution in [2.75, 3.05) is 6.54 Å². The number of carbonyl (C=O) groups is 1. The summed E-state index contributed by atoms with van der Waals surface area (Å²) >= 11 is 0. The number of amides is 1. The molecule has 2 N–H and O–H groups in total. The topological polar surface area (TPSA) is 46.3 Å². The van der Waals surface area contributed by atoms with Crippen molar-refractivity contribution in [2.45, 2.75) is 83.7 Å². The van der Waals surface area contributed by atoms with E-state index >= 15 is 0 Å². The van der Waals surface area contributed by atoms with Crippen molar-refractivity contribution in [2.24, 2.45) is 5.73 Å². The van der Waals surface area contributed by atoms with Crippen LogP contribution >= 0.6 is 12.4 Å². The fourth-order valence-corrected chi connectivity index (χ4v) is 3.00. The second-order valence-corrected chi connectivity index (χ2v) is 5.79. The minimum Gasteiger partial charge on any atom is -0.337 e. The molecule has 0 spiro atoms. The van der Waals surface area contributed by atoms with Gasteiger partial charge in [-0.1, -0.05) is 25.7 Å². The van der Waals surface area contributed by atoms with E-state index in [1.807, 2.05) is 0 Å². The molecule has 3 nitrogen and oxygen atoms in total. The Morgan fingerprint density at radius 2 is 1.74 bits per heavy atom. The van der Waals surface area contributed by atoms with Crippen LogP contribution in [-0.4, -0.2) is 29.4 Å². The summed E-state index contributed by atoms with van der Waals surface area (Å²) in [5, 5.41) is 0. The standard InChI is InChI=1S/C15H30N2O.ClH/c1-13(2)17(14-9-6-7-10-14)15(18)11-5-3-4-8-12-16;/h13-14H,3-12,16H2,1-2H3;1H. The van der Waals surface area contributed by atoms with Crippen molar-refractivity contribution < 1.29 is 4.79 Å². The van der Waals surface area contributed by atoms with Gasteiger partial charge in [0.1, 0.15) is 0 Å². The van der Waals surface area contributed by atoms with Gasteiger partial charge >= 0.3 is 0 Å². The predicted molar refractivity (Wildman–Crippen MR) is 83.6 cm³/mol. The van der Waals surface area contributed by atoms with E-state index in [4.69, 9.17) is 5.73 Å². The van der Waals surface area contributed by atoms with Crippen LogP contribution in [0.25, 0.3) is 0 Å². The SMILES string of the molecule is CC(C)N(C(=O)CCCCCCN)C1CCCC1.Cl. The Morgan fingerprint density at radius 3 is 2.26 bits per heavy atom. The number of nitrogens with zero attached hydrogens (tertiary/aromatic N) is 1. The molecular weight excluding hydrogens is 260 g/mol. The van der Waals surface area contributed by atoms with Gasteiger partial charge in [-0.25, -0.2) is 0 Å². The normalized spacial score (nSPS) is 15.6. The molecule has 0 aliphatic heterocycles. The quantitative estimate of drug-likeness (QED) is 0.696. The number of hydrogen-bond acceptors (Lipinski definition) is 2. The molecule has 0 unspecified atom stereocenters. The van der Waals surface area contributed by atoms with Gasteiger partial charge in [-0.15, -0.1) is 12.4 Å². The monoisotopic (exact) mass is 290 g/mol. The van der Waals surface area contributed by atoms with Gasteiger partial charge in [-0.2, -0.15) is 0 Å². The first-order chi connectivity index (χ1) is 8.66. The largest absolute Gasteiger partial charge is 0.337 e. The summed E-state index contributed by atoms with van der Waals surface area (Å²) in [7, 11) is 0. The molecule has 114 valence electrons. The summed E-state index contributed by atoms with van der Waals surface area (Å²) in [6.07, 6.45) is 10.1. The minimum atomic E-state index is 0. The van der Waals surface area contributed by atoms with Crippen LogP contribution in [0.15, 0.2) is 0 Å². The van der Waals surface area contributed by atoms with E-state index in [2.05, 4.69) is 18.7 Å². The van der Waals surface area contributed by atoms with Gasteiger partial charge < -0.3 is 10.6 Å². The number of hydrogen-bond donors (Lipinski definition) is 1. The smallest absolute Gasteiger partial charge is 0.223 e. The summed E-state index contributed by atoms with van der Waals surface area (Å²) in [6, 6.07) is 0.867. The van der Waals surface area contributed by atoms with E-state index in [1.165, 1.54) is 25.7 Å². The Labute approximate surface area is 124 Å². The average Bonchev–Trinajstić information content (AvgIpc) is 2.82. The van der Waals surface area contributed by atoms with Crippen molar-refractivity contribution >= 4 is 18.3 Å². The van der Waals surface area contributed by atoms with Gasteiger partial charge in [-0.3, -0.25) is 4.79 Å². The second kappa shape index (κ2) is 10.5. The molecule has 0 radical (unpaired) electrons. The van der Waals surface area contributed by atoms with Crippen LogP contribution < -0.4 is 5.73 Å². The van der Waals surface area contributed by atoms with E-state index in [9.17, 15) is 4.79 Å². The molecule has 1 aliphatic rings. The minimum absolute atomic E-state index is 0. The highest BCUT2D eigenvalue weighted by atomic mass is 35.5. The molecule has 1 saturated carbocycles. The van der Waals surface area contributed by atoms with Gasteiger partial charge in [0.15, 0.2) is 0 Å². The van der Waals surface area contributed by atoms with Crippen LogP contribution in [0.1, 0.15) is 71.6 Å². The van der Waals surface area contributed by atoms with E-state index in [1.54, 1.807) is 0 Å². The lowest BCUT2D eigenvalue weighted by Crippen LogP contribution is -2.43. The number of halogens is 1.